The minimum atomic E-state index is -1.04. The van der Waals surface area contributed by atoms with Crippen molar-refractivity contribution >= 4 is 34.2 Å². The van der Waals surface area contributed by atoms with Crippen molar-refractivity contribution in [2.24, 2.45) is 17.1 Å². The first-order valence-electron chi connectivity index (χ1n) is 7.72. The number of ether oxygens (including phenoxy) is 1. The highest BCUT2D eigenvalue weighted by atomic mass is 79.9. The molecular weight excluding hydrogens is 380 g/mol. The minimum Gasteiger partial charge on any atom is -0.377 e. The van der Waals surface area contributed by atoms with Crippen LogP contribution in [0.3, 0.4) is 0 Å². The number of carbonyl (C=O) groups excluding carboxylic acids is 1. The molecule has 1 amide bonds. The average Bonchev–Trinajstić information content (AvgIpc) is 2.91. The fourth-order valence-corrected chi connectivity index (χ4v) is 4.10. The maximum Gasteiger partial charge on any atom is 0.244 e. The number of hydrogen-bond donors (Lipinski definition) is 2. The predicted octanol–water partition coefficient (Wildman–Crippen LogP) is 2.97. The van der Waals surface area contributed by atoms with E-state index in [1.807, 2.05) is 24.3 Å². The molecule has 0 radical (unpaired) electrons. The number of fused-ring (bicyclic) bond motifs is 1. The number of benzene rings is 1. The fraction of sp³-hybridized carbons (Fsp3) is 0.588. The Hall–Kier alpha value is -0.620. The summed E-state index contributed by atoms with van der Waals surface area (Å²) in [5.74, 6) is 0.290. The Morgan fingerprint density at radius 1 is 1.39 bits per heavy atom. The smallest absolute Gasteiger partial charge is 0.244 e. The van der Waals surface area contributed by atoms with Gasteiger partial charge < -0.3 is 15.8 Å². The lowest BCUT2D eigenvalue weighted by molar-refractivity contribution is -0.141. The van der Waals surface area contributed by atoms with E-state index in [1.165, 1.54) is 0 Å². The zero-order valence-corrected chi connectivity index (χ0v) is 16.0. The third-order valence-corrected chi connectivity index (χ3v) is 5.83. The van der Waals surface area contributed by atoms with Gasteiger partial charge in [0.1, 0.15) is 5.54 Å². The van der Waals surface area contributed by atoms with Crippen LogP contribution < -0.4 is 11.1 Å². The first-order chi connectivity index (χ1) is 10.2. The van der Waals surface area contributed by atoms with Crippen molar-refractivity contribution in [1.29, 1.82) is 0 Å². The summed E-state index contributed by atoms with van der Waals surface area (Å²) in [6, 6.07) is 7.71. The number of carbonyl (C=O) groups is 1. The molecule has 1 saturated heterocycles. The standard InChI is InChI=1S/C17H23BrN2O2.ClH/c1-16(2)13(12-8-9-22-14(12)16)20-15(21)17(3,19)10-4-6-11(18)7-5-10;/h4-7,12-14H,8-9,19H2,1-3H3,(H,20,21);1H. The number of amides is 1. The normalized spacial score (nSPS) is 30.4. The monoisotopic (exact) mass is 402 g/mol. The average molecular weight is 404 g/mol. The minimum absolute atomic E-state index is 0. The summed E-state index contributed by atoms with van der Waals surface area (Å²) in [5, 5.41) is 3.18. The van der Waals surface area contributed by atoms with Gasteiger partial charge in [0.15, 0.2) is 0 Å². The Morgan fingerprint density at radius 3 is 2.61 bits per heavy atom. The lowest BCUT2D eigenvalue weighted by Gasteiger charge is -2.55. The predicted molar refractivity (Wildman–Crippen MR) is 96.5 cm³/mol. The second-order valence-corrected chi connectivity index (χ2v) is 8.14. The highest BCUT2D eigenvalue weighted by Crippen LogP contribution is 2.52. The molecule has 2 aliphatic rings. The van der Waals surface area contributed by atoms with Gasteiger partial charge in [-0.15, -0.1) is 12.4 Å². The number of rotatable bonds is 3. The maximum atomic E-state index is 12.7. The van der Waals surface area contributed by atoms with Gasteiger partial charge in [0.05, 0.1) is 6.10 Å². The summed E-state index contributed by atoms with van der Waals surface area (Å²) in [4.78, 5) is 12.7. The van der Waals surface area contributed by atoms with Crippen LogP contribution in [0, 0.1) is 11.3 Å². The van der Waals surface area contributed by atoms with Crippen LogP contribution in [0.5, 0.6) is 0 Å². The number of hydrogen-bond acceptors (Lipinski definition) is 3. The van der Waals surface area contributed by atoms with E-state index >= 15 is 0 Å². The lowest BCUT2D eigenvalue weighted by atomic mass is 9.57. The van der Waals surface area contributed by atoms with Gasteiger partial charge in [-0.25, -0.2) is 0 Å². The van der Waals surface area contributed by atoms with Gasteiger partial charge in [-0.05, 0) is 31.0 Å². The zero-order chi connectivity index (χ0) is 16.1. The van der Waals surface area contributed by atoms with Crippen molar-refractivity contribution in [3.63, 3.8) is 0 Å². The van der Waals surface area contributed by atoms with E-state index < -0.39 is 5.54 Å². The highest BCUT2D eigenvalue weighted by molar-refractivity contribution is 9.10. The van der Waals surface area contributed by atoms with Gasteiger partial charge in [0.25, 0.3) is 0 Å². The van der Waals surface area contributed by atoms with Crippen LogP contribution in [0.1, 0.15) is 32.8 Å². The molecule has 23 heavy (non-hydrogen) atoms. The van der Waals surface area contributed by atoms with E-state index in [4.69, 9.17) is 10.5 Å². The van der Waals surface area contributed by atoms with E-state index in [0.29, 0.717) is 5.92 Å². The lowest BCUT2D eigenvalue weighted by Crippen LogP contribution is -2.68. The fourth-order valence-electron chi connectivity index (χ4n) is 3.84. The summed E-state index contributed by atoms with van der Waals surface area (Å²) in [7, 11) is 0. The summed E-state index contributed by atoms with van der Waals surface area (Å²) < 4.78 is 6.75. The molecule has 4 unspecified atom stereocenters. The van der Waals surface area contributed by atoms with Crippen molar-refractivity contribution in [3.8, 4) is 0 Å². The Kier molecular flexibility index (Phi) is 5.17. The van der Waals surface area contributed by atoms with Crippen LogP contribution in [0.15, 0.2) is 28.7 Å². The van der Waals surface area contributed by atoms with Crippen LogP contribution in [-0.4, -0.2) is 24.7 Å². The molecule has 1 aliphatic carbocycles. The Labute approximate surface area is 152 Å². The number of nitrogens with one attached hydrogen (secondary N) is 1. The van der Waals surface area contributed by atoms with Crippen LogP contribution >= 0.6 is 28.3 Å². The van der Waals surface area contributed by atoms with Gasteiger partial charge in [-0.3, -0.25) is 4.79 Å². The zero-order valence-electron chi connectivity index (χ0n) is 13.6. The Bertz CT molecular complexity index is 589. The molecule has 1 heterocycles. The largest absolute Gasteiger partial charge is 0.377 e. The van der Waals surface area contributed by atoms with Gasteiger partial charge in [-0.1, -0.05) is 41.9 Å². The van der Waals surface area contributed by atoms with Crippen molar-refractivity contribution in [2.75, 3.05) is 6.61 Å². The third kappa shape index (κ3) is 3.04. The molecule has 3 N–H and O–H groups in total. The quantitative estimate of drug-likeness (QED) is 0.815. The molecule has 4 nitrogen and oxygen atoms in total. The van der Waals surface area contributed by atoms with Crippen LogP contribution in [0.2, 0.25) is 0 Å². The molecule has 1 aromatic rings. The maximum absolute atomic E-state index is 12.7. The van der Waals surface area contributed by atoms with Gasteiger partial charge in [-0.2, -0.15) is 0 Å². The molecule has 4 atom stereocenters. The topological polar surface area (TPSA) is 64.4 Å². The van der Waals surface area contributed by atoms with E-state index in [2.05, 4.69) is 35.1 Å². The molecule has 2 fully saturated rings. The summed E-state index contributed by atoms with van der Waals surface area (Å²) in [6.45, 7) is 6.85. The highest BCUT2D eigenvalue weighted by Gasteiger charge is 2.60. The van der Waals surface area contributed by atoms with Gasteiger partial charge >= 0.3 is 0 Å². The van der Waals surface area contributed by atoms with E-state index in [1.54, 1.807) is 6.92 Å². The first-order valence-corrected chi connectivity index (χ1v) is 8.51. The second kappa shape index (κ2) is 6.36. The van der Waals surface area contributed by atoms with E-state index in [9.17, 15) is 4.79 Å². The Balaban J connectivity index is 0.00000192. The molecule has 1 aromatic carbocycles. The Morgan fingerprint density at radius 2 is 2.00 bits per heavy atom. The second-order valence-electron chi connectivity index (χ2n) is 7.23. The van der Waals surface area contributed by atoms with Crippen molar-refractivity contribution in [2.45, 2.75) is 44.9 Å². The van der Waals surface area contributed by atoms with Crippen molar-refractivity contribution in [1.82, 2.24) is 5.32 Å². The van der Waals surface area contributed by atoms with Crippen LogP contribution in [-0.2, 0) is 15.1 Å². The molecule has 0 bridgehead atoms. The van der Waals surface area contributed by atoms with Gasteiger partial charge in [0.2, 0.25) is 5.91 Å². The molecular formula is C17H24BrClN2O2. The first kappa shape index (κ1) is 18.7. The van der Waals surface area contributed by atoms with E-state index in [0.717, 1.165) is 23.1 Å². The molecule has 1 saturated carbocycles. The molecule has 0 spiro atoms. The third-order valence-electron chi connectivity index (χ3n) is 5.30. The molecule has 6 heteroatoms. The molecule has 128 valence electrons. The van der Waals surface area contributed by atoms with E-state index in [-0.39, 0.29) is 35.9 Å². The van der Waals surface area contributed by atoms with Crippen LogP contribution in [0.4, 0.5) is 0 Å². The van der Waals surface area contributed by atoms with Crippen molar-refractivity contribution < 1.29 is 9.53 Å². The molecule has 0 aromatic heterocycles. The number of nitrogens with two attached hydrogens (primary N) is 1. The summed E-state index contributed by atoms with van der Waals surface area (Å²) in [6.07, 6.45) is 1.27. The summed E-state index contributed by atoms with van der Waals surface area (Å²) in [5.41, 5.74) is 6.06. The SMILES string of the molecule is CC(N)(C(=O)NC1C2CCOC2C1(C)C)c1ccc(Br)cc1.Cl. The van der Waals surface area contributed by atoms with Crippen molar-refractivity contribution in [3.05, 3.63) is 34.3 Å². The summed E-state index contributed by atoms with van der Waals surface area (Å²) >= 11 is 3.40. The van der Waals surface area contributed by atoms with Gasteiger partial charge in [0, 0.05) is 28.5 Å². The number of halogens is 2. The molecule has 3 rings (SSSR count). The molecule has 1 aliphatic heterocycles. The van der Waals surface area contributed by atoms with Crippen LogP contribution in [0.25, 0.3) is 0 Å².